The number of aryl methyl sites for hydroxylation is 1. The lowest BCUT2D eigenvalue weighted by molar-refractivity contribution is 0.0600. The number of carbonyl (C=O) groups excluding carboxylic acids is 1. The number of nitrogens with one attached hydrogen (secondary N) is 1. The molecular formula is C17H15NO4S. The number of ether oxygens (including phenoxy) is 1. The summed E-state index contributed by atoms with van der Waals surface area (Å²) in [5, 5.41) is 0. The van der Waals surface area contributed by atoms with Crippen molar-refractivity contribution in [1.29, 1.82) is 0 Å². The van der Waals surface area contributed by atoms with E-state index in [2.05, 4.69) is 15.4 Å². The minimum absolute atomic E-state index is 0.128. The molecule has 0 atom stereocenters. The summed E-state index contributed by atoms with van der Waals surface area (Å²) in [6.07, 6.45) is 5.40. The molecule has 0 saturated carbocycles. The number of rotatable bonds is 4. The summed E-state index contributed by atoms with van der Waals surface area (Å²) >= 11 is 0. The third-order valence-corrected chi connectivity index (χ3v) is 4.55. The number of hydrogen-bond donors (Lipinski definition) is 1. The van der Waals surface area contributed by atoms with Crippen LogP contribution in [0.25, 0.3) is 0 Å². The van der Waals surface area contributed by atoms with Crippen molar-refractivity contribution >= 4 is 21.7 Å². The van der Waals surface area contributed by atoms with Crippen LogP contribution in [0, 0.1) is 19.3 Å². The minimum Gasteiger partial charge on any atom is -0.465 e. The van der Waals surface area contributed by atoms with Crippen LogP contribution in [0.1, 0.15) is 21.5 Å². The second-order valence-corrected chi connectivity index (χ2v) is 6.50. The smallest absolute Gasteiger partial charge is 0.337 e. The predicted octanol–water partition coefficient (Wildman–Crippen LogP) is 2.56. The van der Waals surface area contributed by atoms with Crippen LogP contribution < -0.4 is 4.72 Å². The largest absolute Gasteiger partial charge is 0.465 e. The Morgan fingerprint density at radius 3 is 2.39 bits per heavy atom. The van der Waals surface area contributed by atoms with Crippen molar-refractivity contribution in [3.8, 4) is 12.3 Å². The average molecular weight is 329 g/mol. The summed E-state index contributed by atoms with van der Waals surface area (Å²) in [5.41, 5.74) is 1.68. The Morgan fingerprint density at radius 1 is 1.17 bits per heavy atom. The highest BCUT2D eigenvalue weighted by atomic mass is 32.2. The van der Waals surface area contributed by atoms with Crippen molar-refractivity contribution in [3.63, 3.8) is 0 Å². The normalized spacial score (nSPS) is 10.7. The van der Waals surface area contributed by atoms with Crippen molar-refractivity contribution in [2.75, 3.05) is 11.8 Å². The van der Waals surface area contributed by atoms with Gasteiger partial charge in [0.05, 0.1) is 23.3 Å². The van der Waals surface area contributed by atoms with Gasteiger partial charge in [-0.1, -0.05) is 23.6 Å². The number of carbonyl (C=O) groups is 1. The first-order valence-corrected chi connectivity index (χ1v) is 8.14. The molecule has 6 heteroatoms. The van der Waals surface area contributed by atoms with E-state index in [1.54, 1.807) is 12.1 Å². The first kappa shape index (κ1) is 16.6. The molecule has 0 saturated heterocycles. The molecule has 1 N–H and O–H groups in total. The fourth-order valence-electron chi connectivity index (χ4n) is 1.92. The zero-order valence-electron chi connectivity index (χ0n) is 12.7. The number of methoxy groups -OCH3 is 1. The molecule has 0 unspecified atom stereocenters. The lowest BCUT2D eigenvalue weighted by atomic mass is 10.1. The molecule has 2 rings (SSSR count). The molecule has 0 spiro atoms. The van der Waals surface area contributed by atoms with Gasteiger partial charge in [-0.3, -0.25) is 4.72 Å². The van der Waals surface area contributed by atoms with Gasteiger partial charge in [-0.15, -0.1) is 6.42 Å². The van der Waals surface area contributed by atoms with Gasteiger partial charge in [0.2, 0.25) is 0 Å². The van der Waals surface area contributed by atoms with E-state index in [1.165, 1.54) is 37.4 Å². The highest BCUT2D eigenvalue weighted by Gasteiger charge is 2.16. The fraction of sp³-hybridized carbons (Fsp3) is 0.118. The SMILES string of the molecule is C#Cc1cc(C(=O)OC)ccc1NS(=O)(=O)c1ccc(C)cc1. The Labute approximate surface area is 135 Å². The molecule has 0 aliphatic carbocycles. The summed E-state index contributed by atoms with van der Waals surface area (Å²) in [4.78, 5) is 11.6. The van der Waals surface area contributed by atoms with Gasteiger partial charge in [0, 0.05) is 5.56 Å². The van der Waals surface area contributed by atoms with E-state index in [1.807, 2.05) is 6.92 Å². The molecule has 0 radical (unpaired) electrons. The van der Waals surface area contributed by atoms with Crippen LogP contribution in [0.4, 0.5) is 5.69 Å². The molecule has 0 heterocycles. The molecule has 0 fully saturated rings. The summed E-state index contributed by atoms with van der Waals surface area (Å²) in [7, 11) is -2.51. The van der Waals surface area contributed by atoms with E-state index in [-0.39, 0.29) is 21.7 Å². The maximum atomic E-state index is 12.4. The van der Waals surface area contributed by atoms with Crippen LogP contribution >= 0.6 is 0 Å². The van der Waals surface area contributed by atoms with Crippen molar-refractivity contribution < 1.29 is 17.9 Å². The van der Waals surface area contributed by atoms with Gasteiger partial charge in [-0.2, -0.15) is 0 Å². The molecule has 5 nitrogen and oxygen atoms in total. The van der Waals surface area contributed by atoms with Crippen molar-refractivity contribution in [2.45, 2.75) is 11.8 Å². The predicted molar refractivity (Wildman–Crippen MR) is 87.7 cm³/mol. The molecular weight excluding hydrogens is 314 g/mol. The van der Waals surface area contributed by atoms with Gasteiger partial charge in [-0.25, -0.2) is 13.2 Å². The zero-order valence-corrected chi connectivity index (χ0v) is 13.5. The van der Waals surface area contributed by atoms with Gasteiger partial charge >= 0.3 is 5.97 Å². The Balaban J connectivity index is 2.38. The topological polar surface area (TPSA) is 72.5 Å². The highest BCUT2D eigenvalue weighted by molar-refractivity contribution is 7.92. The first-order chi connectivity index (χ1) is 10.9. The van der Waals surface area contributed by atoms with Crippen LogP contribution in [-0.2, 0) is 14.8 Å². The second kappa shape index (κ2) is 6.55. The highest BCUT2D eigenvalue weighted by Crippen LogP contribution is 2.21. The van der Waals surface area contributed by atoms with Gasteiger partial charge in [0.15, 0.2) is 0 Å². The summed E-state index contributed by atoms with van der Waals surface area (Å²) in [6.45, 7) is 1.87. The first-order valence-electron chi connectivity index (χ1n) is 6.66. The lowest BCUT2D eigenvalue weighted by Gasteiger charge is -2.11. The van der Waals surface area contributed by atoms with Gasteiger partial charge in [0.25, 0.3) is 10.0 Å². The number of terminal acetylenes is 1. The Hall–Kier alpha value is -2.78. The third kappa shape index (κ3) is 3.71. The maximum Gasteiger partial charge on any atom is 0.337 e. The molecule has 0 aliphatic heterocycles. The molecule has 2 aromatic carbocycles. The van der Waals surface area contributed by atoms with Crippen LogP contribution in [0.2, 0.25) is 0 Å². The van der Waals surface area contributed by atoms with Crippen molar-refractivity contribution in [2.24, 2.45) is 0 Å². The standard InChI is InChI=1S/C17H15NO4S/c1-4-13-11-14(17(19)22-3)7-10-16(13)18-23(20,21)15-8-5-12(2)6-9-15/h1,5-11,18H,2-3H3. The molecule has 0 aliphatic rings. The van der Waals surface area contributed by atoms with Crippen molar-refractivity contribution in [1.82, 2.24) is 0 Å². The van der Waals surface area contributed by atoms with E-state index in [0.717, 1.165) is 5.56 Å². The number of benzene rings is 2. The second-order valence-electron chi connectivity index (χ2n) is 4.81. The number of hydrogen-bond acceptors (Lipinski definition) is 4. The summed E-state index contributed by atoms with van der Waals surface area (Å²) in [5.74, 6) is 1.82. The molecule has 0 amide bonds. The number of sulfonamides is 1. The third-order valence-electron chi connectivity index (χ3n) is 3.17. The van der Waals surface area contributed by atoms with Gasteiger partial charge in [0.1, 0.15) is 0 Å². The maximum absolute atomic E-state index is 12.4. The summed E-state index contributed by atoms with van der Waals surface area (Å²) in [6, 6.07) is 10.7. The molecule has 2 aromatic rings. The Kier molecular flexibility index (Phi) is 4.72. The van der Waals surface area contributed by atoms with Gasteiger partial charge in [-0.05, 0) is 37.3 Å². The van der Waals surface area contributed by atoms with E-state index in [0.29, 0.717) is 0 Å². The van der Waals surface area contributed by atoms with Gasteiger partial charge < -0.3 is 4.74 Å². The van der Waals surface area contributed by atoms with Crippen LogP contribution in [-0.4, -0.2) is 21.5 Å². The average Bonchev–Trinajstić information content (AvgIpc) is 2.54. The molecule has 0 bridgehead atoms. The Bertz CT molecular complexity index is 878. The lowest BCUT2D eigenvalue weighted by Crippen LogP contribution is -2.14. The fourth-order valence-corrected chi connectivity index (χ4v) is 3.00. The van der Waals surface area contributed by atoms with E-state index in [9.17, 15) is 13.2 Å². The number of anilines is 1. The van der Waals surface area contributed by atoms with Crippen molar-refractivity contribution in [3.05, 3.63) is 59.2 Å². The Morgan fingerprint density at radius 2 is 1.83 bits per heavy atom. The molecule has 0 aromatic heterocycles. The van der Waals surface area contributed by atoms with E-state index < -0.39 is 16.0 Å². The quantitative estimate of drug-likeness (QED) is 0.691. The zero-order chi connectivity index (χ0) is 17.0. The van der Waals surface area contributed by atoms with Crippen LogP contribution in [0.3, 0.4) is 0 Å². The van der Waals surface area contributed by atoms with Crippen LogP contribution in [0.5, 0.6) is 0 Å². The monoisotopic (exact) mass is 329 g/mol. The minimum atomic E-state index is -3.76. The van der Waals surface area contributed by atoms with Crippen LogP contribution in [0.15, 0.2) is 47.4 Å². The summed E-state index contributed by atoms with van der Waals surface area (Å²) < 4.78 is 31.8. The van der Waals surface area contributed by atoms with E-state index >= 15 is 0 Å². The molecule has 118 valence electrons. The van der Waals surface area contributed by atoms with E-state index in [4.69, 9.17) is 6.42 Å². The molecule has 23 heavy (non-hydrogen) atoms. The number of esters is 1.